The molecule has 86 valence electrons. The van der Waals surface area contributed by atoms with E-state index in [9.17, 15) is 4.79 Å². The van der Waals surface area contributed by atoms with Crippen LogP contribution in [0.1, 0.15) is 10.4 Å². The topological polar surface area (TPSA) is 25.2 Å². The lowest BCUT2D eigenvalue weighted by Crippen LogP contribution is -2.21. The molecule has 1 heterocycles. The highest BCUT2D eigenvalue weighted by Crippen LogP contribution is 2.22. The lowest BCUT2D eigenvalue weighted by molar-refractivity contribution is 0.0829. The predicted molar refractivity (Wildman–Crippen MR) is 68.8 cm³/mol. The largest absolute Gasteiger partial charge is 0.345 e. The zero-order valence-corrected chi connectivity index (χ0v) is 9.97. The van der Waals surface area contributed by atoms with Crippen molar-refractivity contribution >= 4 is 16.8 Å². The molecular formula is C14H14N2O. The third-order valence-electron chi connectivity index (χ3n) is 2.69. The van der Waals surface area contributed by atoms with Gasteiger partial charge in [0.2, 0.25) is 0 Å². The second kappa shape index (κ2) is 4.34. The molecule has 0 aliphatic carbocycles. The van der Waals surface area contributed by atoms with E-state index in [0.717, 1.165) is 10.9 Å². The summed E-state index contributed by atoms with van der Waals surface area (Å²) < 4.78 is 1.92. The summed E-state index contributed by atoms with van der Waals surface area (Å²) in [6.45, 7) is 0.473. The Hall–Kier alpha value is -2.21. The SMILES string of the molecule is C#CCn1cc(C(=O)N(C)C)c2ccccc21. The van der Waals surface area contributed by atoms with Gasteiger partial charge in [-0.15, -0.1) is 6.42 Å². The molecule has 3 heteroatoms. The lowest BCUT2D eigenvalue weighted by atomic mass is 10.1. The number of rotatable bonds is 2. The van der Waals surface area contributed by atoms with E-state index in [4.69, 9.17) is 6.42 Å². The molecule has 17 heavy (non-hydrogen) atoms. The first-order chi connectivity index (χ1) is 8.15. The Labute approximate surface area is 101 Å². The van der Waals surface area contributed by atoms with E-state index in [-0.39, 0.29) is 5.91 Å². The summed E-state index contributed by atoms with van der Waals surface area (Å²) >= 11 is 0. The maximum absolute atomic E-state index is 12.0. The summed E-state index contributed by atoms with van der Waals surface area (Å²) in [6, 6.07) is 7.78. The molecule has 0 atom stereocenters. The number of benzene rings is 1. The van der Waals surface area contributed by atoms with Crippen LogP contribution in [-0.4, -0.2) is 29.5 Å². The molecule has 0 spiro atoms. The fourth-order valence-electron chi connectivity index (χ4n) is 1.89. The minimum absolute atomic E-state index is 0.00280. The minimum atomic E-state index is -0.00280. The van der Waals surface area contributed by atoms with Gasteiger partial charge in [0.1, 0.15) is 0 Å². The smallest absolute Gasteiger partial charge is 0.255 e. The molecule has 0 radical (unpaired) electrons. The van der Waals surface area contributed by atoms with Crippen LogP contribution in [0.2, 0.25) is 0 Å². The normalized spacial score (nSPS) is 10.2. The Morgan fingerprint density at radius 2 is 2.12 bits per heavy atom. The van der Waals surface area contributed by atoms with Crippen molar-refractivity contribution < 1.29 is 4.79 Å². The number of carbonyl (C=O) groups is 1. The molecule has 0 saturated heterocycles. The van der Waals surface area contributed by atoms with Gasteiger partial charge >= 0.3 is 0 Å². The van der Waals surface area contributed by atoms with Crippen molar-refractivity contribution in [2.75, 3.05) is 14.1 Å². The van der Waals surface area contributed by atoms with Crippen molar-refractivity contribution in [3.05, 3.63) is 36.0 Å². The molecular weight excluding hydrogens is 212 g/mol. The monoisotopic (exact) mass is 226 g/mol. The van der Waals surface area contributed by atoms with E-state index in [1.165, 1.54) is 0 Å². The van der Waals surface area contributed by atoms with Crippen molar-refractivity contribution in [1.29, 1.82) is 0 Å². The second-order valence-electron chi connectivity index (χ2n) is 4.09. The van der Waals surface area contributed by atoms with Gasteiger partial charge in [0.15, 0.2) is 0 Å². The summed E-state index contributed by atoms with van der Waals surface area (Å²) in [6.07, 6.45) is 7.16. The first-order valence-corrected chi connectivity index (χ1v) is 5.38. The maximum Gasteiger partial charge on any atom is 0.255 e. The zero-order chi connectivity index (χ0) is 12.4. The van der Waals surface area contributed by atoms with Gasteiger partial charge in [-0.05, 0) is 6.07 Å². The summed E-state index contributed by atoms with van der Waals surface area (Å²) in [5.41, 5.74) is 1.69. The number of terminal acetylenes is 1. The summed E-state index contributed by atoms with van der Waals surface area (Å²) in [5, 5.41) is 0.946. The van der Waals surface area contributed by atoms with Crippen LogP contribution in [0.15, 0.2) is 30.5 Å². The molecule has 2 rings (SSSR count). The molecule has 0 aliphatic heterocycles. The van der Waals surface area contributed by atoms with Gasteiger partial charge in [-0.2, -0.15) is 0 Å². The van der Waals surface area contributed by atoms with Crippen LogP contribution in [0.25, 0.3) is 10.9 Å². The Bertz CT molecular complexity index is 602. The number of carbonyl (C=O) groups excluding carboxylic acids is 1. The van der Waals surface area contributed by atoms with Gasteiger partial charge in [0, 0.05) is 31.2 Å². The molecule has 1 amide bonds. The molecule has 0 fully saturated rings. The fraction of sp³-hybridized carbons (Fsp3) is 0.214. The van der Waals surface area contributed by atoms with E-state index in [1.807, 2.05) is 35.0 Å². The summed E-state index contributed by atoms with van der Waals surface area (Å²) in [4.78, 5) is 13.6. The molecule has 2 aromatic rings. The first-order valence-electron chi connectivity index (χ1n) is 5.38. The van der Waals surface area contributed by atoms with E-state index in [0.29, 0.717) is 12.1 Å². The molecule has 0 saturated carbocycles. The third kappa shape index (κ3) is 1.90. The lowest BCUT2D eigenvalue weighted by Gasteiger charge is -2.08. The van der Waals surface area contributed by atoms with Gasteiger partial charge in [-0.25, -0.2) is 0 Å². The van der Waals surface area contributed by atoms with E-state index >= 15 is 0 Å². The molecule has 3 nitrogen and oxygen atoms in total. The number of amides is 1. The Kier molecular flexibility index (Phi) is 2.88. The van der Waals surface area contributed by atoms with Crippen LogP contribution < -0.4 is 0 Å². The minimum Gasteiger partial charge on any atom is -0.345 e. The highest BCUT2D eigenvalue weighted by molar-refractivity contribution is 6.06. The number of para-hydroxylation sites is 1. The van der Waals surface area contributed by atoms with E-state index < -0.39 is 0 Å². The van der Waals surface area contributed by atoms with Crippen molar-refractivity contribution in [3.63, 3.8) is 0 Å². The number of hydrogen-bond donors (Lipinski definition) is 0. The average Bonchev–Trinajstić information content (AvgIpc) is 2.68. The molecule has 0 aliphatic rings. The fourth-order valence-corrected chi connectivity index (χ4v) is 1.89. The highest BCUT2D eigenvalue weighted by Gasteiger charge is 2.15. The molecule has 1 aromatic carbocycles. The Morgan fingerprint density at radius 1 is 1.41 bits per heavy atom. The van der Waals surface area contributed by atoms with Gasteiger partial charge in [0.05, 0.1) is 12.1 Å². The van der Waals surface area contributed by atoms with Crippen molar-refractivity contribution in [2.45, 2.75) is 6.54 Å². The van der Waals surface area contributed by atoms with Crippen LogP contribution >= 0.6 is 0 Å². The van der Waals surface area contributed by atoms with Crippen molar-refractivity contribution in [3.8, 4) is 12.3 Å². The van der Waals surface area contributed by atoms with Crippen LogP contribution in [0.4, 0.5) is 0 Å². The summed E-state index contributed by atoms with van der Waals surface area (Å²) in [5.74, 6) is 2.59. The summed E-state index contributed by atoms with van der Waals surface area (Å²) in [7, 11) is 3.49. The van der Waals surface area contributed by atoms with Gasteiger partial charge in [-0.1, -0.05) is 24.1 Å². The zero-order valence-electron chi connectivity index (χ0n) is 9.97. The van der Waals surface area contributed by atoms with Gasteiger partial charge < -0.3 is 9.47 Å². The standard InChI is InChI=1S/C14H14N2O/c1-4-9-16-10-12(14(17)15(2)3)11-7-5-6-8-13(11)16/h1,5-8,10H,9H2,2-3H3. The van der Waals surface area contributed by atoms with E-state index in [1.54, 1.807) is 19.0 Å². The van der Waals surface area contributed by atoms with Crippen LogP contribution in [0, 0.1) is 12.3 Å². The Balaban J connectivity index is 2.65. The van der Waals surface area contributed by atoms with Crippen LogP contribution in [0.5, 0.6) is 0 Å². The number of fused-ring (bicyclic) bond motifs is 1. The van der Waals surface area contributed by atoms with Crippen molar-refractivity contribution in [1.82, 2.24) is 9.47 Å². The molecule has 0 N–H and O–H groups in total. The van der Waals surface area contributed by atoms with Crippen LogP contribution in [-0.2, 0) is 6.54 Å². The Morgan fingerprint density at radius 3 is 2.76 bits per heavy atom. The number of hydrogen-bond acceptors (Lipinski definition) is 1. The average molecular weight is 226 g/mol. The number of nitrogens with zero attached hydrogens (tertiary/aromatic N) is 2. The first kappa shape index (κ1) is 11.3. The molecule has 0 bridgehead atoms. The van der Waals surface area contributed by atoms with Crippen LogP contribution in [0.3, 0.4) is 0 Å². The predicted octanol–water partition coefficient (Wildman–Crippen LogP) is 1.98. The van der Waals surface area contributed by atoms with Crippen molar-refractivity contribution in [2.24, 2.45) is 0 Å². The molecule has 0 unspecified atom stereocenters. The van der Waals surface area contributed by atoms with Gasteiger partial charge in [-0.3, -0.25) is 4.79 Å². The second-order valence-corrected chi connectivity index (χ2v) is 4.09. The highest BCUT2D eigenvalue weighted by atomic mass is 16.2. The quantitative estimate of drug-likeness (QED) is 0.719. The number of aromatic nitrogens is 1. The maximum atomic E-state index is 12.0. The van der Waals surface area contributed by atoms with Gasteiger partial charge in [0.25, 0.3) is 5.91 Å². The van der Waals surface area contributed by atoms with E-state index in [2.05, 4.69) is 5.92 Å². The molecule has 1 aromatic heterocycles. The third-order valence-corrected chi connectivity index (χ3v) is 2.69.